The Balaban J connectivity index is 2.05. The van der Waals surface area contributed by atoms with E-state index in [1.807, 2.05) is 0 Å². The van der Waals surface area contributed by atoms with Crippen molar-refractivity contribution in [2.45, 2.75) is 25.6 Å². The van der Waals surface area contributed by atoms with Crippen LogP contribution in [0.3, 0.4) is 0 Å². The average molecular weight is 198 g/mol. The zero-order valence-corrected chi connectivity index (χ0v) is 8.16. The lowest BCUT2D eigenvalue weighted by Gasteiger charge is -2.15. The molecule has 14 heavy (non-hydrogen) atoms. The van der Waals surface area contributed by atoms with Crippen molar-refractivity contribution in [3.8, 4) is 0 Å². The molecule has 78 valence electrons. The Kier molecular flexibility index (Phi) is 2.56. The molecule has 1 aliphatic heterocycles. The molecule has 0 bridgehead atoms. The van der Waals surface area contributed by atoms with E-state index in [0.29, 0.717) is 13.0 Å². The van der Waals surface area contributed by atoms with Crippen LogP contribution in [0.5, 0.6) is 0 Å². The summed E-state index contributed by atoms with van der Waals surface area (Å²) >= 11 is 0. The first kappa shape index (κ1) is 9.68. The van der Waals surface area contributed by atoms with Gasteiger partial charge >= 0.3 is 5.97 Å². The molecule has 0 aromatic carbocycles. The zero-order chi connectivity index (χ0) is 10.1. The van der Waals surface area contributed by atoms with Gasteiger partial charge in [0, 0.05) is 0 Å². The molecule has 0 aromatic rings. The fraction of sp³-hybridized carbons (Fsp3) is 0.700. The van der Waals surface area contributed by atoms with Crippen molar-refractivity contribution >= 4 is 5.97 Å². The molecule has 1 N–H and O–H groups in total. The maximum Gasteiger partial charge on any atom is 0.306 e. The van der Waals surface area contributed by atoms with Crippen molar-refractivity contribution in [1.29, 1.82) is 0 Å². The highest BCUT2D eigenvalue weighted by molar-refractivity contribution is 5.70. The summed E-state index contributed by atoms with van der Waals surface area (Å²) in [6.07, 6.45) is 1.44. The summed E-state index contributed by atoms with van der Waals surface area (Å²) in [5, 5.41) is 9.52. The molecular formula is C10H14O4. The third-order valence-electron chi connectivity index (χ3n) is 2.96. The fourth-order valence-corrected chi connectivity index (χ4v) is 2.23. The van der Waals surface area contributed by atoms with Gasteiger partial charge < -0.3 is 14.6 Å². The standard InChI is InChI=1S/C10H14O4/c1-13-8(11)4-6-2-3-7-5-14-10(12)9(6)7/h6,10,12H,2-5H2,1H3. The van der Waals surface area contributed by atoms with Gasteiger partial charge in [-0.2, -0.15) is 0 Å². The van der Waals surface area contributed by atoms with Crippen LogP contribution in [0.1, 0.15) is 19.3 Å². The van der Waals surface area contributed by atoms with Crippen LogP contribution < -0.4 is 0 Å². The quantitative estimate of drug-likeness (QED) is 0.521. The first-order valence-corrected chi connectivity index (χ1v) is 4.80. The molecule has 2 rings (SSSR count). The lowest BCUT2D eigenvalue weighted by molar-refractivity contribution is -0.141. The van der Waals surface area contributed by atoms with Gasteiger partial charge in [-0.3, -0.25) is 4.79 Å². The van der Waals surface area contributed by atoms with Gasteiger partial charge in [0.05, 0.1) is 20.1 Å². The number of hydrogen-bond acceptors (Lipinski definition) is 4. The molecule has 0 amide bonds. The molecule has 1 aliphatic carbocycles. The monoisotopic (exact) mass is 198 g/mol. The molecule has 2 unspecified atom stereocenters. The van der Waals surface area contributed by atoms with Gasteiger partial charge in [-0.1, -0.05) is 0 Å². The van der Waals surface area contributed by atoms with Crippen molar-refractivity contribution < 1.29 is 19.4 Å². The summed E-state index contributed by atoms with van der Waals surface area (Å²) in [6.45, 7) is 0.522. The third kappa shape index (κ3) is 1.55. The van der Waals surface area contributed by atoms with Crippen LogP contribution in [0.2, 0.25) is 0 Å². The normalized spacial score (nSPS) is 30.7. The molecule has 4 nitrogen and oxygen atoms in total. The van der Waals surface area contributed by atoms with Gasteiger partial charge in [0.25, 0.3) is 0 Å². The van der Waals surface area contributed by atoms with Crippen LogP contribution in [0.15, 0.2) is 11.1 Å². The SMILES string of the molecule is COC(=O)CC1CCC2=C1C(O)OC2. The molecule has 0 spiro atoms. The van der Waals surface area contributed by atoms with Crippen molar-refractivity contribution in [3.63, 3.8) is 0 Å². The van der Waals surface area contributed by atoms with Crippen molar-refractivity contribution in [1.82, 2.24) is 0 Å². The van der Waals surface area contributed by atoms with Crippen LogP contribution >= 0.6 is 0 Å². The summed E-state index contributed by atoms with van der Waals surface area (Å²) in [5.41, 5.74) is 2.10. The number of carbonyl (C=O) groups is 1. The first-order valence-electron chi connectivity index (χ1n) is 4.80. The lowest BCUT2D eigenvalue weighted by Crippen LogP contribution is -2.18. The van der Waals surface area contributed by atoms with Crippen LogP contribution in [0, 0.1) is 5.92 Å². The van der Waals surface area contributed by atoms with E-state index < -0.39 is 6.29 Å². The van der Waals surface area contributed by atoms with Gasteiger partial charge in [0.2, 0.25) is 0 Å². The van der Waals surface area contributed by atoms with E-state index in [2.05, 4.69) is 4.74 Å². The van der Waals surface area contributed by atoms with E-state index in [4.69, 9.17) is 4.74 Å². The highest BCUT2D eigenvalue weighted by atomic mass is 16.6. The highest BCUT2D eigenvalue weighted by Crippen LogP contribution is 2.40. The Morgan fingerprint density at radius 2 is 2.50 bits per heavy atom. The van der Waals surface area contributed by atoms with Crippen LogP contribution in [-0.2, 0) is 14.3 Å². The Hall–Kier alpha value is -0.870. The molecule has 2 aliphatic rings. The minimum absolute atomic E-state index is 0.120. The maximum absolute atomic E-state index is 11.1. The molecular weight excluding hydrogens is 184 g/mol. The van der Waals surface area contributed by atoms with E-state index in [9.17, 15) is 9.90 Å². The van der Waals surface area contributed by atoms with Crippen molar-refractivity contribution in [2.24, 2.45) is 5.92 Å². The smallest absolute Gasteiger partial charge is 0.306 e. The number of hydrogen-bond donors (Lipinski definition) is 1. The van der Waals surface area contributed by atoms with Gasteiger partial charge in [-0.05, 0) is 29.9 Å². The predicted molar refractivity (Wildman–Crippen MR) is 48.3 cm³/mol. The maximum atomic E-state index is 11.1. The van der Waals surface area contributed by atoms with Gasteiger partial charge in [0.1, 0.15) is 0 Å². The van der Waals surface area contributed by atoms with Crippen molar-refractivity contribution in [2.75, 3.05) is 13.7 Å². The van der Waals surface area contributed by atoms with E-state index >= 15 is 0 Å². The minimum Gasteiger partial charge on any atom is -0.469 e. The number of carbonyl (C=O) groups excluding carboxylic acids is 1. The second-order valence-corrected chi connectivity index (χ2v) is 3.74. The summed E-state index contributed by atoms with van der Waals surface area (Å²) in [7, 11) is 1.38. The fourth-order valence-electron chi connectivity index (χ4n) is 2.23. The second-order valence-electron chi connectivity index (χ2n) is 3.74. The van der Waals surface area contributed by atoms with Crippen LogP contribution in [0.4, 0.5) is 0 Å². The minimum atomic E-state index is -0.790. The number of esters is 1. The van der Waals surface area contributed by atoms with Crippen LogP contribution in [0.25, 0.3) is 0 Å². The van der Waals surface area contributed by atoms with Gasteiger partial charge in [-0.25, -0.2) is 0 Å². The molecule has 0 aromatic heterocycles. The van der Waals surface area contributed by atoms with E-state index in [1.165, 1.54) is 12.7 Å². The molecule has 0 saturated carbocycles. The number of aliphatic hydroxyl groups excluding tert-OH is 1. The van der Waals surface area contributed by atoms with Gasteiger partial charge in [-0.15, -0.1) is 0 Å². The lowest BCUT2D eigenvalue weighted by atomic mass is 9.97. The Morgan fingerprint density at radius 3 is 3.21 bits per heavy atom. The molecule has 2 atom stereocenters. The van der Waals surface area contributed by atoms with Gasteiger partial charge in [0.15, 0.2) is 6.29 Å². The second kappa shape index (κ2) is 3.71. The summed E-state index contributed by atoms with van der Waals surface area (Å²) in [4.78, 5) is 11.1. The Morgan fingerprint density at radius 1 is 1.71 bits per heavy atom. The number of ether oxygens (including phenoxy) is 2. The summed E-state index contributed by atoms with van der Waals surface area (Å²) in [5.74, 6) is -0.0993. The molecule has 0 fully saturated rings. The van der Waals surface area contributed by atoms with Crippen molar-refractivity contribution in [3.05, 3.63) is 11.1 Å². The van der Waals surface area contributed by atoms with E-state index in [0.717, 1.165) is 18.4 Å². The third-order valence-corrected chi connectivity index (χ3v) is 2.96. The first-order chi connectivity index (χ1) is 6.72. The average Bonchev–Trinajstić information content (AvgIpc) is 2.71. The highest BCUT2D eigenvalue weighted by Gasteiger charge is 2.36. The topological polar surface area (TPSA) is 55.8 Å². The predicted octanol–water partition coefficient (Wildman–Crippen LogP) is 0.605. The van der Waals surface area contributed by atoms with E-state index in [1.54, 1.807) is 0 Å². The summed E-state index contributed by atoms with van der Waals surface area (Å²) in [6, 6.07) is 0. The molecule has 0 saturated heterocycles. The van der Waals surface area contributed by atoms with Crippen LogP contribution in [-0.4, -0.2) is 31.1 Å². The number of aliphatic hydroxyl groups is 1. The summed E-state index contributed by atoms with van der Waals surface area (Å²) < 4.78 is 9.71. The Labute approximate surface area is 82.5 Å². The molecule has 0 radical (unpaired) electrons. The zero-order valence-electron chi connectivity index (χ0n) is 8.16. The largest absolute Gasteiger partial charge is 0.469 e. The number of rotatable bonds is 2. The Bertz CT molecular complexity index is 282. The molecule has 1 heterocycles. The number of methoxy groups -OCH3 is 1. The van der Waals surface area contributed by atoms with E-state index in [-0.39, 0.29) is 11.9 Å². The molecule has 4 heteroatoms.